The van der Waals surface area contributed by atoms with Crippen molar-refractivity contribution in [1.29, 1.82) is 0 Å². The van der Waals surface area contributed by atoms with E-state index in [1.165, 1.54) is 7.05 Å². The molecule has 0 aliphatic heterocycles. The maximum Gasteiger partial charge on any atom is 0.407 e. The second-order valence-corrected chi connectivity index (χ2v) is 7.19. The summed E-state index contributed by atoms with van der Waals surface area (Å²) in [4.78, 5) is 34.8. The Morgan fingerprint density at radius 1 is 1.00 bits per heavy atom. The maximum absolute atomic E-state index is 12.0. The molecule has 2 bridgehead atoms. The number of amides is 3. The van der Waals surface area contributed by atoms with Gasteiger partial charge in [0, 0.05) is 23.1 Å². The van der Waals surface area contributed by atoms with E-state index in [1.54, 1.807) is 24.3 Å². The van der Waals surface area contributed by atoms with Gasteiger partial charge in [0.1, 0.15) is 5.75 Å². The third-order valence-electron chi connectivity index (χ3n) is 4.56. The number of carbonyl (C=O) groups is 3. The van der Waals surface area contributed by atoms with Crippen LogP contribution in [0.5, 0.6) is 5.75 Å². The number of rotatable bonds is 7. The highest BCUT2D eigenvalue weighted by Gasteiger charge is 2.69. The summed E-state index contributed by atoms with van der Waals surface area (Å²) in [6, 6.07) is 6.77. The van der Waals surface area contributed by atoms with Gasteiger partial charge in [-0.2, -0.15) is 0 Å². The standard InChI is InChI=1S/C17H20ClN3O5/c1-19-15(24)26-7-14(23)21-17-8-16(9-17,10-17)20-13(22)6-25-12-4-2-11(18)3-5-12/h2-5H,6-10H2,1H3,(H,19,24)(H,20,22)(H,21,23). The van der Waals surface area contributed by atoms with Gasteiger partial charge < -0.3 is 25.4 Å². The molecule has 26 heavy (non-hydrogen) atoms. The van der Waals surface area contributed by atoms with E-state index in [-0.39, 0.29) is 36.1 Å². The molecule has 3 saturated carbocycles. The normalized spacial score (nSPS) is 25.2. The average molecular weight is 382 g/mol. The molecule has 0 atom stereocenters. The molecule has 3 aliphatic rings. The number of ether oxygens (including phenoxy) is 2. The lowest BCUT2D eigenvalue weighted by Gasteiger charge is -2.70. The van der Waals surface area contributed by atoms with E-state index in [1.807, 2.05) is 0 Å². The minimum Gasteiger partial charge on any atom is -0.484 e. The molecule has 0 spiro atoms. The zero-order chi connectivity index (χ0) is 18.8. The molecule has 0 saturated heterocycles. The van der Waals surface area contributed by atoms with Gasteiger partial charge in [-0.3, -0.25) is 9.59 Å². The van der Waals surface area contributed by atoms with Crippen LogP contribution in [0, 0.1) is 0 Å². The molecular weight excluding hydrogens is 362 g/mol. The first-order valence-electron chi connectivity index (χ1n) is 8.19. The Morgan fingerprint density at radius 3 is 2.08 bits per heavy atom. The third kappa shape index (κ3) is 4.01. The van der Waals surface area contributed by atoms with E-state index < -0.39 is 6.09 Å². The fraction of sp³-hybridized carbons (Fsp3) is 0.471. The zero-order valence-corrected chi connectivity index (χ0v) is 15.0. The van der Waals surface area contributed by atoms with E-state index in [4.69, 9.17) is 21.1 Å². The maximum atomic E-state index is 12.0. The lowest BCUT2D eigenvalue weighted by Crippen LogP contribution is -2.84. The molecule has 8 nitrogen and oxygen atoms in total. The topological polar surface area (TPSA) is 106 Å². The first-order valence-corrected chi connectivity index (χ1v) is 8.56. The average Bonchev–Trinajstić information content (AvgIpc) is 2.56. The third-order valence-corrected chi connectivity index (χ3v) is 4.81. The molecule has 0 aromatic heterocycles. The van der Waals surface area contributed by atoms with E-state index >= 15 is 0 Å². The Bertz CT molecular complexity index is 702. The van der Waals surface area contributed by atoms with Crippen LogP contribution in [0.15, 0.2) is 24.3 Å². The van der Waals surface area contributed by atoms with Crippen LogP contribution in [0.4, 0.5) is 4.79 Å². The largest absolute Gasteiger partial charge is 0.484 e. The van der Waals surface area contributed by atoms with Gasteiger partial charge >= 0.3 is 6.09 Å². The highest BCUT2D eigenvalue weighted by molar-refractivity contribution is 6.30. The van der Waals surface area contributed by atoms with Crippen molar-refractivity contribution in [2.45, 2.75) is 30.3 Å². The van der Waals surface area contributed by atoms with Gasteiger partial charge in [0.2, 0.25) is 0 Å². The molecule has 0 heterocycles. The Kier molecular flexibility index (Phi) is 4.95. The van der Waals surface area contributed by atoms with Crippen LogP contribution in [0.25, 0.3) is 0 Å². The predicted molar refractivity (Wildman–Crippen MR) is 93.0 cm³/mol. The molecule has 3 fully saturated rings. The molecule has 1 aromatic rings. The molecule has 0 radical (unpaired) electrons. The number of alkyl carbamates (subject to hydrolysis) is 1. The first-order chi connectivity index (χ1) is 12.3. The number of nitrogens with one attached hydrogen (secondary N) is 3. The minimum absolute atomic E-state index is 0.0806. The summed E-state index contributed by atoms with van der Waals surface area (Å²) < 4.78 is 10.1. The number of halogens is 1. The first kappa shape index (κ1) is 18.3. The van der Waals surface area contributed by atoms with Crippen LogP contribution >= 0.6 is 11.6 Å². The van der Waals surface area contributed by atoms with Crippen molar-refractivity contribution in [3.63, 3.8) is 0 Å². The summed E-state index contributed by atoms with van der Waals surface area (Å²) >= 11 is 5.79. The number of benzene rings is 1. The summed E-state index contributed by atoms with van der Waals surface area (Å²) in [6.07, 6.45) is 1.34. The second-order valence-electron chi connectivity index (χ2n) is 6.76. The highest BCUT2D eigenvalue weighted by atomic mass is 35.5. The van der Waals surface area contributed by atoms with Crippen LogP contribution in [-0.4, -0.2) is 49.2 Å². The molecular formula is C17H20ClN3O5. The smallest absolute Gasteiger partial charge is 0.407 e. The van der Waals surface area contributed by atoms with Gasteiger partial charge in [-0.05, 0) is 43.5 Å². The molecule has 3 amide bonds. The van der Waals surface area contributed by atoms with Gasteiger partial charge in [-0.25, -0.2) is 4.79 Å². The molecule has 3 aliphatic carbocycles. The van der Waals surface area contributed by atoms with Crippen LogP contribution in [0.3, 0.4) is 0 Å². The van der Waals surface area contributed by atoms with Crippen molar-refractivity contribution in [1.82, 2.24) is 16.0 Å². The molecule has 4 rings (SSSR count). The summed E-state index contributed by atoms with van der Waals surface area (Å²) in [5, 5.41) is 8.69. The zero-order valence-electron chi connectivity index (χ0n) is 14.3. The van der Waals surface area contributed by atoms with Crippen LogP contribution in [0.2, 0.25) is 5.02 Å². The van der Waals surface area contributed by atoms with Gasteiger partial charge in [0.25, 0.3) is 11.8 Å². The van der Waals surface area contributed by atoms with Gasteiger partial charge in [-0.15, -0.1) is 0 Å². The van der Waals surface area contributed by atoms with Crippen molar-refractivity contribution in [2.75, 3.05) is 20.3 Å². The number of carbonyl (C=O) groups excluding carboxylic acids is 3. The van der Waals surface area contributed by atoms with Crippen LogP contribution in [0.1, 0.15) is 19.3 Å². The Morgan fingerprint density at radius 2 is 1.54 bits per heavy atom. The van der Waals surface area contributed by atoms with Gasteiger partial charge in [-0.1, -0.05) is 11.6 Å². The Labute approximate surface area is 155 Å². The number of hydrogen-bond acceptors (Lipinski definition) is 5. The molecule has 0 unspecified atom stereocenters. The Hall–Kier alpha value is -2.48. The van der Waals surface area contributed by atoms with Crippen LogP contribution < -0.4 is 20.7 Å². The van der Waals surface area contributed by atoms with Crippen molar-refractivity contribution in [3.05, 3.63) is 29.3 Å². The summed E-state index contributed by atoms with van der Waals surface area (Å²) in [6.45, 7) is -0.404. The van der Waals surface area contributed by atoms with Crippen molar-refractivity contribution < 1.29 is 23.9 Å². The monoisotopic (exact) mass is 381 g/mol. The lowest BCUT2D eigenvalue weighted by atomic mass is 9.44. The highest BCUT2D eigenvalue weighted by Crippen LogP contribution is 2.60. The predicted octanol–water partition coefficient (Wildman–Crippen LogP) is 0.982. The quantitative estimate of drug-likeness (QED) is 0.653. The molecule has 9 heteroatoms. The van der Waals surface area contributed by atoms with Gasteiger partial charge in [0.15, 0.2) is 13.2 Å². The van der Waals surface area contributed by atoms with Crippen molar-refractivity contribution in [3.8, 4) is 5.75 Å². The molecule has 3 N–H and O–H groups in total. The van der Waals surface area contributed by atoms with E-state index in [9.17, 15) is 14.4 Å². The Balaban J connectivity index is 1.36. The van der Waals surface area contributed by atoms with Crippen molar-refractivity contribution >= 4 is 29.5 Å². The van der Waals surface area contributed by atoms with E-state index in [0.29, 0.717) is 30.0 Å². The fourth-order valence-corrected chi connectivity index (χ4v) is 3.73. The fourth-order valence-electron chi connectivity index (χ4n) is 3.60. The molecule has 1 aromatic carbocycles. The van der Waals surface area contributed by atoms with Gasteiger partial charge in [0.05, 0.1) is 0 Å². The minimum atomic E-state index is -0.651. The van der Waals surface area contributed by atoms with E-state index in [0.717, 1.165) is 0 Å². The molecule has 140 valence electrons. The summed E-state index contributed by atoms with van der Waals surface area (Å²) in [7, 11) is 1.42. The lowest BCUT2D eigenvalue weighted by molar-refractivity contribution is -0.151. The van der Waals surface area contributed by atoms with Crippen molar-refractivity contribution in [2.24, 2.45) is 0 Å². The van der Waals surface area contributed by atoms with Crippen LogP contribution in [-0.2, 0) is 14.3 Å². The summed E-state index contributed by atoms with van der Waals surface area (Å²) in [5.74, 6) is 0.0174. The second kappa shape index (κ2) is 7.03. The number of hydrogen-bond donors (Lipinski definition) is 3. The SMILES string of the molecule is CNC(=O)OCC(=O)NC12CC(NC(=O)COc3ccc(Cl)cc3)(C1)C2. The summed E-state index contributed by atoms with van der Waals surface area (Å²) in [5.41, 5.74) is -0.567. The van der Waals surface area contributed by atoms with E-state index in [2.05, 4.69) is 16.0 Å².